The molecule has 2 atom stereocenters. The highest BCUT2D eigenvalue weighted by Gasteiger charge is 2.30. The SMILES string of the molecule is CCOC(=O)C(=CN)c1nccc(N2C[C@H](F)C[C@@H](NC(=O)OC(C)(C)C)C2)n1. The quantitative estimate of drug-likeness (QED) is 0.558. The molecule has 1 saturated heterocycles. The van der Waals surface area contributed by atoms with E-state index >= 15 is 0 Å². The predicted molar refractivity (Wildman–Crippen MR) is 106 cm³/mol. The third kappa shape index (κ3) is 6.58. The molecule has 2 rings (SSSR count). The summed E-state index contributed by atoms with van der Waals surface area (Å²) in [6.07, 6.45) is 0.938. The summed E-state index contributed by atoms with van der Waals surface area (Å²) in [5.41, 5.74) is 4.91. The van der Waals surface area contributed by atoms with Crippen LogP contribution in [-0.4, -0.2) is 59.5 Å². The molecule has 0 unspecified atom stereocenters. The van der Waals surface area contributed by atoms with Crippen molar-refractivity contribution in [3.63, 3.8) is 0 Å². The number of rotatable bonds is 5. The van der Waals surface area contributed by atoms with Crippen LogP contribution in [0.15, 0.2) is 18.5 Å². The third-order valence-corrected chi connectivity index (χ3v) is 3.99. The van der Waals surface area contributed by atoms with E-state index < -0.39 is 29.9 Å². The molecule has 2 heterocycles. The summed E-state index contributed by atoms with van der Waals surface area (Å²) in [7, 11) is 0. The number of carbonyl (C=O) groups excluding carboxylic acids is 2. The number of alkyl carbamates (subject to hydrolysis) is 1. The van der Waals surface area contributed by atoms with Crippen LogP contribution in [-0.2, 0) is 14.3 Å². The number of piperidine rings is 1. The van der Waals surface area contributed by atoms with E-state index in [0.29, 0.717) is 12.4 Å². The summed E-state index contributed by atoms with van der Waals surface area (Å²) in [4.78, 5) is 34.1. The first-order valence-corrected chi connectivity index (χ1v) is 9.44. The molecule has 29 heavy (non-hydrogen) atoms. The molecule has 0 bridgehead atoms. The molecule has 1 aliphatic rings. The number of alkyl halides is 1. The molecule has 1 fully saturated rings. The third-order valence-electron chi connectivity index (χ3n) is 3.99. The summed E-state index contributed by atoms with van der Waals surface area (Å²) in [5.74, 6) is -0.142. The molecule has 1 amide bonds. The minimum atomic E-state index is -1.17. The summed E-state index contributed by atoms with van der Waals surface area (Å²) in [6, 6.07) is 1.15. The van der Waals surface area contributed by atoms with Crippen molar-refractivity contribution >= 4 is 23.5 Å². The minimum Gasteiger partial charge on any atom is -0.462 e. The fourth-order valence-corrected chi connectivity index (χ4v) is 2.90. The highest BCUT2D eigenvalue weighted by atomic mass is 19.1. The topological polar surface area (TPSA) is 120 Å². The van der Waals surface area contributed by atoms with E-state index in [9.17, 15) is 14.0 Å². The highest BCUT2D eigenvalue weighted by molar-refractivity contribution is 6.15. The highest BCUT2D eigenvalue weighted by Crippen LogP contribution is 2.22. The maximum atomic E-state index is 14.3. The maximum Gasteiger partial charge on any atom is 0.407 e. The molecule has 160 valence electrons. The minimum absolute atomic E-state index is 0.0194. The number of aromatic nitrogens is 2. The van der Waals surface area contributed by atoms with E-state index in [4.69, 9.17) is 15.2 Å². The van der Waals surface area contributed by atoms with Gasteiger partial charge < -0.3 is 25.4 Å². The molecule has 10 heteroatoms. The van der Waals surface area contributed by atoms with Gasteiger partial charge >= 0.3 is 12.1 Å². The lowest BCUT2D eigenvalue weighted by atomic mass is 10.0. The first-order valence-electron chi connectivity index (χ1n) is 9.44. The first kappa shape index (κ1) is 22.4. The molecule has 0 aromatic carbocycles. The molecule has 0 radical (unpaired) electrons. The monoisotopic (exact) mass is 409 g/mol. The van der Waals surface area contributed by atoms with Crippen LogP contribution in [0.5, 0.6) is 0 Å². The van der Waals surface area contributed by atoms with Gasteiger partial charge in [-0.1, -0.05) is 0 Å². The van der Waals surface area contributed by atoms with Crippen molar-refractivity contribution in [1.82, 2.24) is 15.3 Å². The van der Waals surface area contributed by atoms with Gasteiger partial charge in [-0.05, 0) is 33.8 Å². The number of nitrogens with one attached hydrogen (secondary N) is 1. The Kier molecular flexibility index (Phi) is 7.35. The van der Waals surface area contributed by atoms with E-state index in [0.717, 1.165) is 6.20 Å². The fourth-order valence-electron chi connectivity index (χ4n) is 2.90. The summed E-state index contributed by atoms with van der Waals surface area (Å²) in [5, 5.41) is 2.70. The molecule has 0 saturated carbocycles. The van der Waals surface area contributed by atoms with Crippen LogP contribution < -0.4 is 16.0 Å². The molecular formula is C19H28FN5O4. The van der Waals surface area contributed by atoms with E-state index in [1.54, 1.807) is 38.7 Å². The van der Waals surface area contributed by atoms with Crippen molar-refractivity contribution in [2.24, 2.45) is 5.73 Å². The molecule has 9 nitrogen and oxygen atoms in total. The lowest BCUT2D eigenvalue weighted by molar-refractivity contribution is -0.136. The molecule has 0 spiro atoms. The van der Waals surface area contributed by atoms with Gasteiger partial charge in [0.15, 0.2) is 5.82 Å². The fraction of sp³-hybridized carbons (Fsp3) is 0.579. The van der Waals surface area contributed by atoms with Gasteiger partial charge in [0.05, 0.1) is 19.2 Å². The van der Waals surface area contributed by atoms with Gasteiger partial charge in [-0.2, -0.15) is 0 Å². The second-order valence-electron chi connectivity index (χ2n) is 7.62. The van der Waals surface area contributed by atoms with Crippen molar-refractivity contribution in [2.75, 3.05) is 24.6 Å². The maximum absolute atomic E-state index is 14.3. The van der Waals surface area contributed by atoms with Gasteiger partial charge in [0.2, 0.25) is 0 Å². The second-order valence-corrected chi connectivity index (χ2v) is 7.62. The van der Waals surface area contributed by atoms with E-state index in [-0.39, 0.29) is 31.0 Å². The zero-order valence-electron chi connectivity index (χ0n) is 17.1. The van der Waals surface area contributed by atoms with Crippen LogP contribution in [0.2, 0.25) is 0 Å². The zero-order valence-corrected chi connectivity index (χ0v) is 17.1. The predicted octanol–water partition coefficient (Wildman–Crippen LogP) is 1.78. The molecule has 3 N–H and O–H groups in total. The van der Waals surface area contributed by atoms with Gasteiger partial charge in [0, 0.05) is 25.4 Å². The van der Waals surface area contributed by atoms with Gasteiger partial charge in [-0.3, -0.25) is 0 Å². The second kappa shape index (κ2) is 9.53. The van der Waals surface area contributed by atoms with Crippen molar-refractivity contribution in [3.05, 3.63) is 24.3 Å². The van der Waals surface area contributed by atoms with Gasteiger partial charge in [0.25, 0.3) is 0 Å². The molecule has 0 aliphatic carbocycles. The van der Waals surface area contributed by atoms with Crippen LogP contribution in [0.4, 0.5) is 15.0 Å². The Morgan fingerprint density at radius 1 is 1.41 bits per heavy atom. The molecule has 1 aromatic heterocycles. The Labute approximate surface area is 169 Å². The average Bonchev–Trinajstić information content (AvgIpc) is 2.60. The van der Waals surface area contributed by atoms with Crippen molar-refractivity contribution in [2.45, 2.75) is 51.9 Å². The van der Waals surface area contributed by atoms with Crippen LogP contribution in [0.1, 0.15) is 39.9 Å². The summed E-state index contributed by atoms with van der Waals surface area (Å²) >= 11 is 0. The summed E-state index contributed by atoms with van der Waals surface area (Å²) in [6.45, 7) is 7.56. The Balaban J connectivity index is 2.15. The number of nitrogens with two attached hydrogens (primary N) is 1. The lowest BCUT2D eigenvalue weighted by Gasteiger charge is -2.36. The standard InChI is InChI=1S/C19H28FN5O4/c1-5-28-17(26)14(9-21)16-22-7-6-15(24-16)25-10-12(20)8-13(11-25)23-18(27)29-19(2,3)4/h6-7,9,12-13H,5,8,10-11,21H2,1-4H3,(H,23,27)/t12-,13-/m1/s1. The van der Waals surface area contributed by atoms with Gasteiger partial charge in [0.1, 0.15) is 23.2 Å². The van der Waals surface area contributed by atoms with Crippen LogP contribution >= 0.6 is 0 Å². The summed E-state index contributed by atoms with van der Waals surface area (Å²) < 4.78 is 24.5. The molecule has 1 aliphatic heterocycles. The van der Waals surface area contributed by atoms with Gasteiger partial charge in [-0.15, -0.1) is 0 Å². The molecule has 1 aromatic rings. The van der Waals surface area contributed by atoms with Crippen LogP contribution in [0.25, 0.3) is 5.57 Å². The van der Waals surface area contributed by atoms with Gasteiger partial charge in [-0.25, -0.2) is 23.9 Å². The number of anilines is 1. The number of hydrogen-bond acceptors (Lipinski definition) is 8. The molecular weight excluding hydrogens is 381 g/mol. The van der Waals surface area contributed by atoms with E-state index in [1.807, 2.05) is 0 Å². The first-order chi connectivity index (χ1) is 13.6. The number of carbonyl (C=O) groups is 2. The zero-order chi connectivity index (χ0) is 21.6. The van der Waals surface area contributed by atoms with Crippen molar-refractivity contribution in [3.8, 4) is 0 Å². The lowest BCUT2D eigenvalue weighted by Crippen LogP contribution is -2.52. The number of nitrogens with zero attached hydrogens (tertiary/aromatic N) is 3. The van der Waals surface area contributed by atoms with Crippen molar-refractivity contribution in [1.29, 1.82) is 0 Å². The number of ether oxygens (including phenoxy) is 2. The van der Waals surface area contributed by atoms with Crippen LogP contribution in [0.3, 0.4) is 0 Å². The Morgan fingerprint density at radius 2 is 2.14 bits per heavy atom. The number of esters is 1. The van der Waals surface area contributed by atoms with Crippen LogP contribution in [0, 0.1) is 0 Å². The Hall–Kier alpha value is -2.91. The average molecular weight is 409 g/mol. The normalized spacial score (nSPS) is 20.2. The Morgan fingerprint density at radius 3 is 2.76 bits per heavy atom. The van der Waals surface area contributed by atoms with E-state index in [1.165, 1.54) is 6.20 Å². The number of amides is 1. The largest absolute Gasteiger partial charge is 0.462 e. The smallest absolute Gasteiger partial charge is 0.407 e. The number of hydrogen-bond donors (Lipinski definition) is 2. The number of halogens is 1. The van der Waals surface area contributed by atoms with E-state index in [2.05, 4.69) is 15.3 Å². The Bertz CT molecular complexity index is 765. The van der Waals surface area contributed by atoms with Crippen molar-refractivity contribution < 1.29 is 23.5 Å².